The highest BCUT2D eigenvalue weighted by molar-refractivity contribution is 7.91. The number of amides is 1. The highest BCUT2D eigenvalue weighted by atomic mass is 32.2. The first-order valence-electron chi connectivity index (χ1n) is 12.8. The van der Waals surface area contributed by atoms with Gasteiger partial charge in [-0.1, -0.05) is 6.07 Å². The molecule has 1 aliphatic carbocycles. The maximum atomic E-state index is 14.3. The van der Waals surface area contributed by atoms with Crippen LogP contribution in [0, 0.1) is 0 Å². The highest BCUT2D eigenvalue weighted by Gasteiger charge is 2.44. The summed E-state index contributed by atoms with van der Waals surface area (Å²) < 4.78 is 54.6. The van der Waals surface area contributed by atoms with Crippen LogP contribution in [0.5, 0.6) is 5.75 Å². The number of hydrogen-bond acceptors (Lipinski definition) is 6. The standard InChI is InChI=1S/C27H32F2N4O3S2/c1-30-38(35,22-8-6-21(36-2)7-9-22)33-15-3-4-24(33)26(34)32(20-11-13-27(28,29)14-12-20)17-19-5-10-25-23(16-19)31-18-37-25/h5-10,16,18,20,24H,3-4,11-15,17H2,1-2H3/t24-,38+/m0/s1. The van der Waals surface area contributed by atoms with Crippen LogP contribution in [0.2, 0.25) is 0 Å². The predicted molar refractivity (Wildman–Crippen MR) is 145 cm³/mol. The molecule has 5 rings (SSSR count). The van der Waals surface area contributed by atoms with E-state index in [1.165, 1.54) is 7.05 Å². The number of ether oxygens (including phenoxy) is 1. The lowest BCUT2D eigenvalue weighted by Gasteiger charge is -2.39. The Morgan fingerprint density at radius 2 is 1.95 bits per heavy atom. The number of aromatic nitrogens is 1. The number of hydrogen-bond donors (Lipinski definition) is 0. The first-order valence-corrected chi connectivity index (χ1v) is 15.2. The SMILES string of the molecule is CN=[S@](=O)(c1ccc(OC)cc1)N1CCC[C@H]1C(=O)N(Cc1ccc2scnc2c1)C1CCC(F)(F)CC1. The van der Waals surface area contributed by atoms with E-state index in [1.807, 2.05) is 18.2 Å². The quantitative estimate of drug-likeness (QED) is 0.368. The van der Waals surface area contributed by atoms with Crippen molar-refractivity contribution in [2.75, 3.05) is 20.7 Å². The van der Waals surface area contributed by atoms with Gasteiger partial charge < -0.3 is 9.64 Å². The van der Waals surface area contributed by atoms with E-state index in [4.69, 9.17) is 4.74 Å². The fourth-order valence-electron chi connectivity index (χ4n) is 5.50. The molecule has 0 N–H and O–H groups in total. The zero-order valence-electron chi connectivity index (χ0n) is 21.5. The van der Waals surface area contributed by atoms with Crippen molar-refractivity contribution in [3.63, 3.8) is 0 Å². The number of alkyl halides is 2. The molecular weight excluding hydrogens is 530 g/mol. The zero-order chi connectivity index (χ0) is 26.9. The molecular formula is C27H32F2N4O3S2. The van der Waals surface area contributed by atoms with E-state index in [0.717, 1.165) is 15.8 Å². The number of rotatable bonds is 7. The molecule has 1 aromatic heterocycles. The summed E-state index contributed by atoms with van der Waals surface area (Å²) in [7, 11) is 0.0199. The molecule has 2 aliphatic rings. The molecule has 1 aliphatic heterocycles. The zero-order valence-corrected chi connectivity index (χ0v) is 23.1. The molecule has 2 fully saturated rings. The first kappa shape index (κ1) is 27.0. The van der Waals surface area contributed by atoms with Crippen molar-refractivity contribution >= 4 is 37.4 Å². The van der Waals surface area contributed by atoms with E-state index >= 15 is 0 Å². The van der Waals surface area contributed by atoms with Crippen molar-refractivity contribution in [1.82, 2.24) is 14.2 Å². The smallest absolute Gasteiger partial charge is 0.248 e. The topological polar surface area (TPSA) is 75.1 Å². The minimum atomic E-state index is -3.05. The molecule has 0 spiro atoms. The number of carbonyl (C=O) groups excluding carboxylic acids is 1. The lowest BCUT2D eigenvalue weighted by Crippen LogP contribution is -2.52. The van der Waals surface area contributed by atoms with Crippen molar-refractivity contribution in [1.29, 1.82) is 0 Å². The number of carbonyl (C=O) groups is 1. The van der Waals surface area contributed by atoms with Crippen LogP contribution in [0.15, 0.2) is 57.2 Å². The number of nitrogens with zero attached hydrogens (tertiary/aromatic N) is 4. The third-order valence-corrected chi connectivity index (χ3v) is 10.8. The van der Waals surface area contributed by atoms with Crippen LogP contribution in [0.4, 0.5) is 8.78 Å². The summed E-state index contributed by atoms with van der Waals surface area (Å²) in [6.45, 7) is 0.750. The van der Waals surface area contributed by atoms with Crippen molar-refractivity contribution in [3.05, 3.63) is 53.5 Å². The predicted octanol–water partition coefficient (Wildman–Crippen LogP) is 5.75. The van der Waals surface area contributed by atoms with Gasteiger partial charge in [0.2, 0.25) is 11.8 Å². The molecule has 1 amide bonds. The Hall–Kier alpha value is -2.63. The monoisotopic (exact) mass is 562 g/mol. The maximum Gasteiger partial charge on any atom is 0.248 e. The van der Waals surface area contributed by atoms with Gasteiger partial charge in [0.05, 0.1) is 27.7 Å². The third kappa shape index (κ3) is 5.28. The second-order valence-electron chi connectivity index (χ2n) is 9.86. The summed E-state index contributed by atoms with van der Waals surface area (Å²) >= 11 is 1.54. The van der Waals surface area contributed by atoms with Gasteiger partial charge in [0.25, 0.3) is 0 Å². The Labute approximate surface area is 226 Å². The lowest BCUT2D eigenvalue weighted by molar-refractivity contribution is -0.141. The van der Waals surface area contributed by atoms with Crippen LogP contribution in [0.25, 0.3) is 10.2 Å². The van der Waals surface area contributed by atoms with E-state index in [2.05, 4.69) is 9.35 Å². The van der Waals surface area contributed by atoms with Crippen LogP contribution in [0.3, 0.4) is 0 Å². The van der Waals surface area contributed by atoms with E-state index in [-0.39, 0.29) is 37.6 Å². The molecule has 1 saturated carbocycles. The van der Waals surface area contributed by atoms with Crippen LogP contribution in [-0.2, 0) is 21.3 Å². The van der Waals surface area contributed by atoms with E-state index in [9.17, 15) is 17.8 Å². The lowest BCUT2D eigenvalue weighted by atomic mass is 9.90. The summed E-state index contributed by atoms with van der Waals surface area (Å²) in [5.74, 6) is -2.24. The number of methoxy groups -OCH3 is 1. The molecule has 2 aromatic carbocycles. The normalized spacial score (nSPS) is 21.7. The van der Waals surface area contributed by atoms with Gasteiger partial charge in [-0.05, 0) is 67.6 Å². The summed E-state index contributed by atoms with van der Waals surface area (Å²) in [5.41, 5.74) is 3.53. The van der Waals surface area contributed by atoms with Gasteiger partial charge >= 0.3 is 0 Å². The van der Waals surface area contributed by atoms with Crippen LogP contribution in [-0.4, -0.2) is 63.0 Å². The molecule has 1 saturated heterocycles. The summed E-state index contributed by atoms with van der Waals surface area (Å²) in [6.07, 6.45) is 1.21. The molecule has 0 bridgehead atoms. The molecule has 0 unspecified atom stereocenters. The Morgan fingerprint density at radius 3 is 2.63 bits per heavy atom. The summed E-state index contributed by atoms with van der Waals surface area (Å²) in [4.78, 5) is 20.9. The van der Waals surface area contributed by atoms with Crippen LogP contribution >= 0.6 is 11.3 Å². The summed E-state index contributed by atoms with van der Waals surface area (Å²) in [6, 6.07) is 11.8. The van der Waals surface area contributed by atoms with E-state index in [1.54, 1.807) is 57.4 Å². The second kappa shape index (κ2) is 10.9. The fraction of sp³-hybridized carbons (Fsp3) is 0.481. The molecule has 0 radical (unpaired) electrons. The molecule has 204 valence electrons. The number of halogens is 2. The van der Waals surface area contributed by atoms with Crippen LogP contribution < -0.4 is 4.74 Å². The third-order valence-electron chi connectivity index (χ3n) is 7.58. The van der Waals surface area contributed by atoms with Crippen molar-refractivity contribution < 1.29 is 22.5 Å². The van der Waals surface area contributed by atoms with E-state index in [0.29, 0.717) is 36.6 Å². The molecule has 2 atom stereocenters. The van der Waals surface area contributed by atoms with Gasteiger partial charge in [-0.25, -0.2) is 26.6 Å². The van der Waals surface area contributed by atoms with E-state index < -0.39 is 21.9 Å². The van der Waals surface area contributed by atoms with Gasteiger partial charge in [0.1, 0.15) is 21.7 Å². The Kier molecular flexibility index (Phi) is 7.70. The van der Waals surface area contributed by atoms with Crippen LogP contribution in [0.1, 0.15) is 44.1 Å². The van der Waals surface area contributed by atoms with Gasteiger partial charge in [0.15, 0.2) is 0 Å². The number of thiazole rings is 1. The van der Waals surface area contributed by atoms with Crippen molar-refractivity contribution in [2.45, 2.75) is 68.0 Å². The largest absolute Gasteiger partial charge is 0.497 e. The number of fused-ring (bicyclic) bond motifs is 1. The van der Waals surface area contributed by atoms with Crippen molar-refractivity contribution in [3.8, 4) is 5.75 Å². The number of benzene rings is 2. The molecule has 7 nitrogen and oxygen atoms in total. The fourth-order valence-corrected chi connectivity index (χ4v) is 8.25. The van der Waals surface area contributed by atoms with Gasteiger partial charge in [-0.2, -0.15) is 0 Å². The van der Waals surface area contributed by atoms with Crippen molar-refractivity contribution in [2.24, 2.45) is 4.36 Å². The average molecular weight is 563 g/mol. The summed E-state index contributed by atoms with van der Waals surface area (Å²) in [5, 5.41) is 0. The molecule has 11 heteroatoms. The minimum Gasteiger partial charge on any atom is -0.497 e. The maximum absolute atomic E-state index is 14.3. The Bertz CT molecular complexity index is 1410. The molecule has 3 aromatic rings. The second-order valence-corrected chi connectivity index (χ2v) is 13.0. The molecule has 2 heterocycles. The van der Waals surface area contributed by atoms with Gasteiger partial charge in [0, 0.05) is 39.0 Å². The minimum absolute atomic E-state index is 0.180. The Morgan fingerprint density at radius 1 is 1.21 bits per heavy atom. The first-order chi connectivity index (χ1) is 18.2. The van der Waals surface area contributed by atoms with Gasteiger partial charge in [-0.3, -0.25) is 4.79 Å². The van der Waals surface area contributed by atoms with Gasteiger partial charge in [-0.15, -0.1) is 11.3 Å². The average Bonchev–Trinajstić information content (AvgIpc) is 3.61. The molecule has 38 heavy (non-hydrogen) atoms. The highest BCUT2D eigenvalue weighted by Crippen LogP contribution is 2.37. The Balaban J connectivity index is 1.46.